The summed E-state index contributed by atoms with van der Waals surface area (Å²) >= 11 is 0. The van der Waals surface area contributed by atoms with Crippen molar-refractivity contribution < 1.29 is 4.74 Å². The number of morpholine rings is 1. The third-order valence-corrected chi connectivity index (χ3v) is 7.12. The summed E-state index contributed by atoms with van der Waals surface area (Å²) in [5.41, 5.74) is 4.70. The van der Waals surface area contributed by atoms with Crippen LogP contribution >= 0.6 is 0 Å². The first-order chi connectivity index (χ1) is 16.7. The molecule has 6 rings (SSSR count). The lowest BCUT2D eigenvalue weighted by Gasteiger charge is -2.42. The van der Waals surface area contributed by atoms with E-state index in [0.29, 0.717) is 12.6 Å². The van der Waals surface area contributed by atoms with E-state index < -0.39 is 0 Å². The van der Waals surface area contributed by atoms with Crippen LogP contribution in [-0.4, -0.2) is 78.0 Å². The van der Waals surface area contributed by atoms with E-state index in [4.69, 9.17) is 14.7 Å². The van der Waals surface area contributed by atoms with E-state index in [1.54, 1.807) is 0 Å². The van der Waals surface area contributed by atoms with Gasteiger partial charge in [0.1, 0.15) is 6.17 Å². The molecular weight excluding hydrogens is 426 g/mol. The standard InChI is InChI=1S/C26H33N7O/c1-19(2)20-7-9-21(10-8-20)24-29-25-27-17-31(12-11-30-13-15-34-16-14-30)18-32(25)26-28-22-5-3-4-6-23(22)33(24)26/h3-10,19,24H,11-18H2,1-2H3,(H,27,29)/t24-/m0/s1. The van der Waals surface area contributed by atoms with Crippen LogP contribution in [0.15, 0.2) is 53.5 Å². The minimum atomic E-state index is -0.0430. The molecule has 1 N–H and O–H groups in total. The van der Waals surface area contributed by atoms with Crippen molar-refractivity contribution in [2.45, 2.75) is 25.9 Å². The van der Waals surface area contributed by atoms with Crippen molar-refractivity contribution in [2.24, 2.45) is 4.99 Å². The molecule has 0 amide bonds. The number of hydrogen-bond acceptors (Lipinski definition) is 7. The van der Waals surface area contributed by atoms with E-state index in [1.165, 1.54) is 11.1 Å². The Morgan fingerprint density at radius 3 is 2.56 bits per heavy atom. The first kappa shape index (κ1) is 21.6. The van der Waals surface area contributed by atoms with Gasteiger partial charge in [0.05, 0.1) is 37.6 Å². The van der Waals surface area contributed by atoms with Crippen LogP contribution in [0.1, 0.15) is 37.1 Å². The average Bonchev–Trinajstić information content (AvgIpc) is 3.28. The highest BCUT2D eigenvalue weighted by atomic mass is 16.5. The van der Waals surface area contributed by atoms with Gasteiger partial charge in [-0.25, -0.2) is 9.98 Å². The lowest BCUT2D eigenvalue weighted by molar-refractivity contribution is 0.0334. The molecule has 0 spiro atoms. The molecular formula is C26H33N7O. The summed E-state index contributed by atoms with van der Waals surface area (Å²) in [6, 6.07) is 17.3. The largest absolute Gasteiger partial charge is 0.379 e. The topological polar surface area (TPSA) is 61.2 Å². The van der Waals surface area contributed by atoms with E-state index in [2.05, 4.69) is 87.0 Å². The quantitative estimate of drug-likeness (QED) is 0.633. The van der Waals surface area contributed by atoms with Gasteiger partial charge in [-0.1, -0.05) is 50.2 Å². The van der Waals surface area contributed by atoms with E-state index in [-0.39, 0.29) is 6.17 Å². The third-order valence-electron chi connectivity index (χ3n) is 7.12. The van der Waals surface area contributed by atoms with Crippen LogP contribution < -0.4 is 10.2 Å². The Balaban J connectivity index is 1.31. The molecule has 8 nitrogen and oxygen atoms in total. The van der Waals surface area contributed by atoms with Crippen LogP contribution in [-0.2, 0) is 4.74 Å². The van der Waals surface area contributed by atoms with Gasteiger partial charge in [0.2, 0.25) is 11.9 Å². The third kappa shape index (κ3) is 3.96. The summed E-state index contributed by atoms with van der Waals surface area (Å²) in [6.45, 7) is 11.7. The van der Waals surface area contributed by atoms with E-state index in [9.17, 15) is 0 Å². The fraction of sp³-hybridized carbons (Fsp3) is 0.462. The number of benzene rings is 2. The molecule has 4 heterocycles. The van der Waals surface area contributed by atoms with Gasteiger partial charge in [-0.15, -0.1) is 0 Å². The average molecular weight is 460 g/mol. The fourth-order valence-corrected chi connectivity index (χ4v) is 5.05. The molecule has 0 bridgehead atoms. The summed E-state index contributed by atoms with van der Waals surface area (Å²) in [5, 5.41) is 3.73. The van der Waals surface area contributed by atoms with Crippen molar-refractivity contribution in [3.8, 4) is 0 Å². The highest BCUT2D eigenvalue weighted by molar-refractivity contribution is 5.98. The lowest BCUT2D eigenvalue weighted by Crippen LogP contribution is -2.58. The number of guanidine groups is 1. The number of para-hydroxylation sites is 2. The van der Waals surface area contributed by atoms with Gasteiger partial charge < -0.3 is 10.1 Å². The molecule has 3 aliphatic rings. The first-order valence-electron chi connectivity index (χ1n) is 12.4. The number of rotatable bonds is 5. The van der Waals surface area contributed by atoms with E-state index >= 15 is 0 Å². The minimum Gasteiger partial charge on any atom is -0.379 e. The van der Waals surface area contributed by atoms with E-state index in [1.807, 2.05) is 0 Å². The number of aliphatic imine (C=N–C) groups is 1. The molecule has 0 unspecified atom stereocenters. The van der Waals surface area contributed by atoms with Crippen molar-refractivity contribution in [3.63, 3.8) is 0 Å². The predicted octanol–water partition coefficient (Wildman–Crippen LogP) is 3.04. The summed E-state index contributed by atoms with van der Waals surface area (Å²) in [7, 11) is 0. The molecule has 34 heavy (non-hydrogen) atoms. The number of hydrogen-bond donors (Lipinski definition) is 1. The first-order valence-corrected chi connectivity index (χ1v) is 12.4. The molecule has 1 saturated heterocycles. The molecule has 8 heteroatoms. The predicted molar refractivity (Wildman–Crippen MR) is 135 cm³/mol. The number of fused-ring (bicyclic) bond motifs is 5. The van der Waals surface area contributed by atoms with Crippen molar-refractivity contribution in [1.82, 2.24) is 24.7 Å². The number of aromatic nitrogens is 2. The van der Waals surface area contributed by atoms with Crippen molar-refractivity contribution in [3.05, 3.63) is 59.7 Å². The Kier molecular flexibility index (Phi) is 5.72. The summed E-state index contributed by atoms with van der Waals surface area (Å²) in [4.78, 5) is 17.1. The van der Waals surface area contributed by atoms with Crippen LogP contribution in [0.5, 0.6) is 0 Å². The molecule has 178 valence electrons. The van der Waals surface area contributed by atoms with Crippen LogP contribution in [0, 0.1) is 0 Å². The molecule has 3 aromatic rings. The number of imidazole rings is 1. The Morgan fingerprint density at radius 2 is 1.76 bits per heavy atom. The molecule has 0 radical (unpaired) electrons. The normalized spacial score (nSPS) is 21.3. The van der Waals surface area contributed by atoms with Crippen molar-refractivity contribution in [2.75, 3.05) is 57.6 Å². The molecule has 1 atom stereocenters. The second-order valence-corrected chi connectivity index (χ2v) is 9.68. The smallest absolute Gasteiger partial charge is 0.216 e. The highest BCUT2D eigenvalue weighted by Crippen LogP contribution is 2.34. The maximum atomic E-state index is 5.49. The maximum Gasteiger partial charge on any atom is 0.216 e. The number of ether oxygens (including phenoxy) is 1. The van der Waals surface area contributed by atoms with Crippen LogP contribution in [0.4, 0.5) is 5.95 Å². The monoisotopic (exact) mass is 459 g/mol. The van der Waals surface area contributed by atoms with Crippen molar-refractivity contribution in [1.29, 1.82) is 0 Å². The second-order valence-electron chi connectivity index (χ2n) is 9.68. The Hall–Kier alpha value is -2.94. The number of anilines is 1. The zero-order valence-corrected chi connectivity index (χ0v) is 20.0. The minimum absolute atomic E-state index is 0.0430. The van der Waals surface area contributed by atoms with Gasteiger partial charge >= 0.3 is 0 Å². The van der Waals surface area contributed by atoms with Gasteiger partial charge in [0.15, 0.2) is 0 Å². The van der Waals surface area contributed by atoms with Crippen LogP contribution in [0.3, 0.4) is 0 Å². The van der Waals surface area contributed by atoms with Crippen molar-refractivity contribution >= 4 is 22.9 Å². The summed E-state index contributed by atoms with van der Waals surface area (Å²) < 4.78 is 7.81. The Morgan fingerprint density at radius 1 is 1.00 bits per heavy atom. The molecule has 3 aliphatic heterocycles. The summed E-state index contributed by atoms with van der Waals surface area (Å²) in [6.07, 6.45) is -0.0430. The molecule has 2 aromatic carbocycles. The lowest BCUT2D eigenvalue weighted by atomic mass is 10.0. The molecule has 1 fully saturated rings. The van der Waals surface area contributed by atoms with Gasteiger partial charge in [-0.05, 0) is 29.2 Å². The number of nitrogens with one attached hydrogen (secondary N) is 1. The van der Waals surface area contributed by atoms with Gasteiger partial charge in [-0.3, -0.25) is 19.3 Å². The highest BCUT2D eigenvalue weighted by Gasteiger charge is 2.35. The van der Waals surface area contributed by atoms with Crippen LogP contribution in [0.25, 0.3) is 11.0 Å². The molecule has 1 aromatic heterocycles. The van der Waals surface area contributed by atoms with Gasteiger partial charge in [0, 0.05) is 26.2 Å². The van der Waals surface area contributed by atoms with Gasteiger partial charge in [0.25, 0.3) is 0 Å². The second kappa shape index (κ2) is 9.02. The van der Waals surface area contributed by atoms with Gasteiger partial charge in [-0.2, -0.15) is 0 Å². The maximum absolute atomic E-state index is 5.49. The van der Waals surface area contributed by atoms with E-state index in [0.717, 1.165) is 69.0 Å². The van der Waals surface area contributed by atoms with Crippen LogP contribution in [0.2, 0.25) is 0 Å². The Bertz CT molecular complexity index is 1180. The fourth-order valence-electron chi connectivity index (χ4n) is 5.05. The molecule has 0 aliphatic carbocycles. The SMILES string of the molecule is CC(C)c1ccc([C@H]2NC3=NCN(CCN4CCOCC4)CN3c3nc4ccccc4n32)cc1. The zero-order valence-electron chi connectivity index (χ0n) is 20.0. The summed E-state index contributed by atoms with van der Waals surface area (Å²) in [5.74, 6) is 2.37. The molecule has 0 saturated carbocycles. The number of nitrogens with zero attached hydrogens (tertiary/aromatic N) is 6. The zero-order chi connectivity index (χ0) is 23.1. The Labute approximate surface area is 200 Å².